The van der Waals surface area contributed by atoms with Crippen LogP contribution in [-0.2, 0) is 7.05 Å². The van der Waals surface area contributed by atoms with Crippen molar-refractivity contribution in [1.29, 1.82) is 0 Å². The SMILES string of the molecule is Cc1nn(C)c(NCCC2CCC2)c1N. The van der Waals surface area contributed by atoms with E-state index in [1.54, 1.807) is 0 Å². The van der Waals surface area contributed by atoms with E-state index in [0.717, 1.165) is 29.7 Å². The van der Waals surface area contributed by atoms with Crippen LogP contribution in [0.15, 0.2) is 0 Å². The van der Waals surface area contributed by atoms with Crippen molar-refractivity contribution in [3.05, 3.63) is 5.69 Å². The molecule has 1 saturated carbocycles. The predicted octanol–water partition coefficient (Wildman–Crippen LogP) is 1.91. The van der Waals surface area contributed by atoms with Crippen molar-refractivity contribution < 1.29 is 0 Å². The van der Waals surface area contributed by atoms with Crippen molar-refractivity contribution in [2.45, 2.75) is 32.6 Å². The van der Waals surface area contributed by atoms with Gasteiger partial charge in [0.25, 0.3) is 0 Å². The van der Waals surface area contributed by atoms with E-state index in [9.17, 15) is 0 Å². The maximum atomic E-state index is 5.92. The first-order valence-electron chi connectivity index (χ1n) is 5.71. The zero-order valence-corrected chi connectivity index (χ0v) is 9.58. The van der Waals surface area contributed by atoms with Gasteiger partial charge in [0.15, 0.2) is 0 Å². The Kier molecular flexibility index (Phi) is 2.84. The summed E-state index contributed by atoms with van der Waals surface area (Å²) in [6.45, 7) is 2.94. The molecule has 15 heavy (non-hydrogen) atoms. The zero-order valence-electron chi connectivity index (χ0n) is 9.58. The molecule has 1 heterocycles. The summed E-state index contributed by atoms with van der Waals surface area (Å²) in [7, 11) is 1.93. The highest BCUT2D eigenvalue weighted by Crippen LogP contribution is 2.29. The van der Waals surface area contributed by atoms with E-state index in [1.807, 2.05) is 18.7 Å². The molecule has 1 aliphatic carbocycles. The lowest BCUT2D eigenvalue weighted by Crippen LogP contribution is -2.16. The smallest absolute Gasteiger partial charge is 0.147 e. The molecule has 1 fully saturated rings. The predicted molar refractivity (Wildman–Crippen MR) is 62.8 cm³/mol. The minimum Gasteiger partial charge on any atom is -0.394 e. The average Bonchev–Trinajstić information content (AvgIpc) is 2.35. The molecular weight excluding hydrogens is 188 g/mol. The molecule has 0 amide bonds. The van der Waals surface area contributed by atoms with Crippen molar-refractivity contribution >= 4 is 11.5 Å². The Morgan fingerprint density at radius 2 is 2.27 bits per heavy atom. The Morgan fingerprint density at radius 1 is 1.53 bits per heavy atom. The molecule has 0 unspecified atom stereocenters. The van der Waals surface area contributed by atoms with E-state index in [0.29, 0.717) is 0 Å². The first-order chi connectivity index (χ1) is 7.18. The molecular formula is C11H20N4. The fourth-order valence-electron chi connectivity index (χ4n) is 2.06. The quantitative estimate of drug-likeness (QED) is 0.794. The molecule has 3 N–H and O–H groups in total. The van der Waals surface area contributed by atoms with Crippen LogP contribution in [0.2, 0.25) is 0 Å². The molecule has 0 saturated heterocycles. The van der Waals surface area contributed by atoms with E-state index in [4.69, 9.17) is 5.73 Å². The summed E-state index contributed by atoms with van der Waals surface area (Å²) < 4.78 is 1.82. The van der Waals surface area contributed by atoms with Gasteiger partial charge in [0.2, 0.25) is 0 Å². The molecule has 0 spiro atoms. The van der Waals surface area contributed by atoms with Gasteiger partial charge in [-0.05, 0) is 19.3 Å². The molecule has 2 rings (SSSR count). The summed E-state index contributed by atoms with van der Waals surface area (Å²) in [5, 5.41) is 7.65. The Morgan fingerprint density at radius 3 is 2.73 bits per heavy atom. The monoisotopic (exact) mass is 208 g/mol. The Hall–Kier alpha value is -1.19. The summed E-state index contributed by atoms with van der Waals surface area (Å²) in [5.41, 5.74) is 7.61. The van der Waals surface area contributed by atoms with Gasteiger partial charge >= 0.3 is 0 Å². The molecule has 1 aromatic heterocycles. The van der Waals surface area contributed by atoms with E-state index in [-0.39, 0.29) is 0 Å². The van der Waals surface area contributed by atoms with E-state index in [1.165, 1.54) is 25.7 Å². The molecule has 1 aromatic rings. The molecule has 4 heteroatoms. The van der Waals surface area contributed by atoms with Crippen LogP contribution >= 0.6 is 0 Å². The summed E-state index contributed by atoms with van der Waals surface area (Å²) in [6.07, 6.45) is 5.48. The number of nitrogen functional groups attached to an aromatic ring is 1. The third-order valence-corrected chi connectivity index (χ3v) is 3.34. The number of hydrogen-bond acceptors (Lipinski definition) is 3. The van der Waals surface area contributed by atoms with Crippen molar-refractivity contribution in [2.75, 3.05) is 17.6 Å². The van der Waals surface area contributed by atoms with Crippen LogP contribution < -0.4 is 11.1 Å². The lowest BCUT2D eigenvalue weighted by molar-refractivity contribution is 0.303. The van der Waals surface area contributed by atoms with Gasteiger partial charge in [0.05, 0.1) is 11.4 Å². The van der Waals surface area contributed by atoms with Crippen LogP contribution in [0, 0.1) is 12.8 Å². The molecule has 84 valence electrons. The number of aromatic nitrogens is 2. The standard InChI is InChI=1S/C11H20N4/c1-8-10(12)11(15(2)14-8)13-7-6-9-4-3-5-9/h9,13H,3-7,12H2,1-2H3. The molecule has 0 atom stereocenters. The van der Waals surface area contributed by atoms with Crippen molar-refractivity contribution in [3.63, 3.8) is 0 Å². The van der Waals surface area contributed by atoms with Crippen LogP contribution in [0.1, 0.15) is 31.4 Å². The summed E-state index contributed by atoms with van der Waals surface area (Å²) in [4.78, 5) is 0. The van der Waals surface area contributed by atoms with Crippen LogP contribution in [0.3, 0.4) is 0 Å². The Labute approximate surface area is 90.8 Å². The van der Waals surface area contributed by atoms with Gasteiger partial charge in [0, 0.05) is 13.6 Å². The van der Waals surface area contributed by atoms with Gasteiger partial charge in [-0.1, -0.05) is 19.3 Å². The largest absolute Gasteiger partial charge is 0.394 e. The minimum absolute atomic E-state index is 0.783. The van der Waals surface area contributed by atoms with Gasteiger partial charge in [-0.2, -0.15) is 5.10 Å². The third kappa shape index (κ3) is 2.08. The molecule has 1 aliphatic rings. The molecule has 0 aromatic carbocycles. The third-order valence-electron chi connectivity index (χ3n) is 3.34. The van der Waals surface area contributed by atoms with Crippen LogP contribution in [0.5, 0.6) is 0 Å². The lowest BCUT2D eigenvalue weighted by atomic mass is 9.83. The number of nitrogens with one attached hydrogen (secondary N) is 1. The van der Waals surface area contributed by atoms with Gasteiger partial charge < -0.3 is 11.1 Å². The number of hydrogen-bond donors (Lipinski definition) is 2. The highest BCUT2D eigenvalue weighted by molar-refractivity contribution is 5.64. The first-order valence-corrected chi connectivity index (χ1v) is 5.71. The number of anilines is 2. The number of aryl methyl sites for hydroxylation is 2. The van der Waals surface area contributed by atoms with Crippen molar-refractivity contribution in [3.8, 4) is 0 Å². The minimum atomic E-state index is 0.783. The Balaban J connectivity index is 1.86. The van der Waals surface area contributed by atoms with Crippen LogP contribution in [-0.4, -0.2) is 16.3 Å². The van der Waals surface area contributed by atoms with Gasteiger partial charge in [-0.25, -0.2) is 0 Å². The summed E-state index contributed by atoms with van der Waals surface area (Å²) in [6, 6.07) is 0. The average molecular weight is 208 g/mol. The fraction of sp³-hybridized carbons (Fsp3) is 0.727. The maximum absolute atomic E-state index is 5.92. The van der Waals surface area contributed by atoms with E-state index < -0.39 is 0 Å². The second kappa shape index (κ2) is 4.13. The highest BCUT2D eigenvalue weighted by Gasteiger charge is 2.17. The van der Waals surface area contributed by atoms with Gasteiger partial charge in [-0.15, -0.1) is 0 Å². The van der Waals surface area contributed by atoms with Crippen molar-refractivity contribution in [1.82, 2.24) is 9.78 Å². The van der Waals surface area contributed by atoms with Gasteiger partial charge in [0.1, 0.15) is 5.82 Å². The van der Waals surface area contributed by atoms with Crippen LogP contribution in [0.25, 0.3) is 0 Å². The molecule has 4 nitrogen and oxygen atoms in total. The summed E-state index contributed by atoms with van der Waals surface area (Å²) in [5.74, 6) is 1.90. The highest BCUT2D eigenvalue weighted by atomic mass is 15.3. The van der Waals surface area contributed by atoms with E-state index in [2.05, 4.69) is 10.4 Å². The van der Waals surface area contributed by atoms with Crippen LogP contribution in [0.4, 0.5) is 11.5 Å². The molecule has 0 bridgehead atoms. The van der Waals surface area contributed by atoms with E-state index >= 15 is 0 Å². The normalized spacial score (nSPS) is 16.4. The number of rotatable bonds is 4. The van der Waals surface area contributed by atoms with Gasteiger partial charge in [-0.3, -0.25) is 4.68 Å². The maximum Gasteiger partial charge on any atom is 0.147 e. The second-order valence-corrected chi connectivity index (χ2v) is 4.48. The van der Waals surface area contributed by atoms with Crippen molar-refractivity contribution in [2.24, 2.45) is 13.0 Å². The summed E-state index contributed by atoms with van der Waals surface area (Å²) >= 11 is 0. The second-order valence-electron chi connectivity index (χ2n) is 4.48. The number of nitrogens with zero attached hydrogens (tertiary/aromatic N) is 2. The lowest BCUT2D eigenvalue weighted by Gasteiger charge is -2.25. The molecule has 0 radical (unpaired) electrons. The number of nitrogens with two attached hydrogens (primary N) is 1. The first kappa shape index (κ1) is 10.3. The fourth-order valence-corrected chi connectivity index (χ4v) is 2.06. The zero-order chi connectivity index (χ0) is 10.8. The Bertz CT molecular complexity index is 339. The topological polar surface area (TPSA) is 55.9 Å². The molecule has 0 aliphatic heterocycles.